The fourth-order valence-corrected chi connectivity index (χ4v) is 1.23. The Morgan fingerprint density at radius 2 is 1.94 bits per heavy atom. The number of hydrogen-bond acceptors (Lipinski definition) is 1. The molecule has 2 aromatic rings. The molecule has 0 radical (unpaired) electrons. The van der Waals surface area contributed by atoms with Crippen LogP contribution in [-0.2, 0) is 6.18 Å². The minimum atomic E-state index is -4.44. The van der Waals surface area contributed by atoms with Crippen LogP contribution < -0.4 is 0 Å². The SMILES string of the molecule is Fc1cccc(-n2cc(C(F)(F)F)cn2)c1. The van der Waals surface area contributed by atoms with Crippen LogP contribution >= 0.6 is 0 Å². The Labute approximate surface area is 88.1 Å². The number of alkyl halides is 3. The van der Waals surface area contributed by atoms with Crippen molar-refractivity contribution in [3.05, 3.63) is 48.0 Å². The molecule has 0 fully saturated rings. The summed E-state index contributed by atoms with van der Waals surface area (Å²) in [4.78, 5) is 0. The standard InChI is InChI=1S/C10H6F4N2/c11-8-2-1-3-9(4-8)16-6-7(5-15-16)10(12,13)14/h1-6H. The van der Waals surface area contributed by atoms with Crippen LogP contribution in [0, 0.1) is 5.82 Å². The summed E-state index contributed by atoms with van der Waals surface area (Å²) in [7, 11) is 0. The zero-order chi connectivity index (χ0) is 11.8. The molecule has 0 atom stereocenters. The molecule has 0 aliphatic rings. The summed E-state index contributed by atoms with van der Waals surface area (Å²) in [5, 5.41) is 3.52. The molecule has 0 N–H and O–H groups in total. The minimum Gasteiger partial charge on any atom is -0.240 e. The summed E-state index contributed by atoms with van der Waals surface area (Å²) >= 11 is 0. The number of nitrogens with zero attached hydrogens (tertiary/aromatic N) is 2. The van der Waals surface area contributed by atoms with Crippen molar-refractivity contribution in [3.8, 4) is 5.69 Å². The van der Waals surface area contributed by atoms with Crippen molar-refractivity contribution in [1.29, 1.82) is 0 Å². The Bertz CT molecular complexity index is 502. The largest absolute Gasteiger partial charge is 0.419 e. The summed E-state index contributed by atoms with van der Waals surface area (Å²) in [5.41, 5.74) is -0.618. The van der Waals surface area contributed by atoms with Gasteiger partial charge < -0.3 is 0 Å². The molecule has 16 heavy (non-hydrogen) atoms. The van der Waals surface area contributed by atoms with E-state index in [1.54, 1.807) is 0 Å². The van der Waals surface area contributed by atoms with Crippen molar-refractivity contribution in [3.63, 3.8) is 0 Å². The highest BCUT2D eigenvalue weighted by molar-refractivity contribution is 5.32. The van der Waals surface area contributed by atoms with Gasteiger partial charge >= 0.3 is 6.18 Å². The van der Waals surface area contributed by atoms with E-state index >= 15 is 0 Å². The van der Waals surface area contributed by atoms with Crippen molar-refractivity contribution in [1.82, 2.24) is 9.78 Å². The fourth-order valence-electron chi connectivity index (χ4n) is 1.23. The second-order valence-corrected chi connectivity index (χ2v) is 3.15. The molecular weight excluding hydrogens is 224 g/mol. The zero-order valence-corrected chi connectivity index (χ0v) is 7.87. The molecule has 0 amide bonds. The summed E-state index contributed by atoms with van der Waals surface area (Å²) in [5.74, 6) is -0.526. The van der Waals surface area contributed by atoms with E-state index in [0.717, 1.165) is 16.9 Å². The third kappa shape index (κ3) is 2.05. The van der Waals surface area contributed by atoms with E-state index in [0.29, 0.717) is 6.20 Å². The first-order chi connectivity index (χ1) is 7.47. The van der Waals surface area contributed by atoms with E-state index in [2.05, 4.69) is 5.10 Å². The molecule has 0 saturated heterocycles. The lowest BCUT2D eigenvalue weighted by Gasteiger charge is -2.02. The van der Waals surface area contributed by atoms with Gasteiger partial charge in [0.15, 0.2) is 0 Å². The highest BCUT2D eigenvalue weighted by Gasteiger charge is 2.32. The van der Waals surface area contributed by atoms with E-state index in [4.69, 9.17) is 0 Å². The summed E-state index contributed by atoms with van der Waals surface area (Å²) in [6.07, 6.45) is -2.93. The van der Waals surface area contributed by atoms with Gasteiger partial charge in [0, 0.05) is 6.20 Å². The predicted octanol–water partition coefficient (Wildman–Crippen LogP) is 3.03. The summed E-state index contributed by atoms with van der Waals surface area (Å²) in [6.45, 7) is 0. The van der Waals surface area contributed by atoms with Gasteiger partial charge in [0.05, 0.1) is 17.4 Å². The quantitative estimate of drug-likeness (QED) is 0.688. The van der Waals surface area contributed by atoms with Crippen LogP contribution in [-0.4, -0.2) is 9.78 Å². The molecule has 0 saturated carbocycles. The molecule has 1 aromatic carbocycles. The van der Waals surface area contributed by atoms with Gasteiger partial charge in [-0.1, -0.05) is 6.07 Å². The highest BCUT2D eigenvalue weighted by Crippen LogP contribution is 2.29. The van der Waals surface area contributed by atoms with E-state index in [1.165, 1.54) is 18.2 Å². The molecular formula is C10H6F4N2. The number of halogens is 4. The van der Waals surface area contributed by atoms with Crippen LogP contribution in [0.3, 0.4) is 0 Å². The first-order valence-electron chi connectivity index (χ1n) is 4.34. The van der Waals surface area contributed by atoms with Gasteiger partial charge in [-0.3, -0.25) is 0 Å². The number of rotatable bonds is 1. The second-order valence-electron chi connectivity index (χ2n) is 3.15. The molecule has 0 aliphatic heterocycles. The fraction of sp³-hybridized carbons (Fsp3) is 0.100. The maximum absolute atomic E-state index is 12.8. The summed E-state index contributed by atoms with van der Waals surface area (Å²) < 4.78 is 50.6. The number of hydrogen-bond donors (Lipinski definition) is 0. The van der Waals surface area contributed by atoms with Gasteiger partial charge in [-0.25, -0.2) is 9.07 Å². The van der Waals surface area contributed by atoms with Crippen LogP contribution in [0.4, 0.5) is 17.6 Å². The van der Waals surface area contributed by atoms with Gasteiger partial charge in [-0.2, -0.15) is 18.3 Å². The van der Waals surface area contributed by atoms with Crippen LogP contribution in [0.25, 0.3) is 5.69 Å². The average molecular weight is 230 g/mol. The maximum Gasteiger partial charge on any atom is 0.419 e. The molecule has 0 spiro atoms. The Balaban J connectivity index is 2.39. The molecule has 0 unspecified atom stereocenters. The summed E-state index contributed by atoms with van der Waals surface area (Å²) in [6, 6.07) is 5.18. The number of benzene rings is 1. The van der Waals surface area contributed by atoms with E-state index < -0.39 is 17.6 Å². The van der Waals surface area contributed by atoms with Crippen LogP contribution in [0.5, 0.6) is 0 Å². The Kier molecular flexibility index (Phi) is 2.41. The smallest absolute Gasteiger partial charge is 0.240 e. The minimum absolute atomic E-state index is 0.246. The van der Waals surface area contributed by atoms with Gasteiger partial charge in [-0.15, -0.1) is 0 Å². The van der Waals surface area contributed by atoms with Crippen molar-refractivity contribution in [2.75, 3.05) is 0 Å². The van der Waals surface area contributed by atoms with Gasteiger partial charge in [0.2, 0.25) is 0 Å². The first-order valence-corrected chi connectivity index (χ1v) is 4.34. The Morgan fingerprint density at radius 1 is 1.19 bits per heavy atom. The molecule has 0 aliphatic carbocycles. The Morgan fingerprint density at radius 3 is 2.50 bits per heavy atom. The average Bonchev–Trinajstić information content (AvgIpc) is 2.65. The molecule has 2 nitrogen and oxygen atoms in total. The molecule has 2 rings (SSSR count). The van der Waals surface area contributed by atoms with E-state index in [9.17, 15) is 17.6 Å². The monoisotopic (exact) mass is 230 g/mol. The molecule has 0 bridgehead atoms. The number of aromatic nitrogens is 2. The zero-order valence-electron chi connectivity index (χ0n) is 7.87. The lowest BCUT2D eigenvalue weighted by molar-refractivity contribution is -0.137. The van der Waals surface area contributed by atoms with Crippen molar-refractivity contribution in [2.45, 2.75) is 6.18 Å². The van der Waals surface area contributed by atoms with E-state index in [-0.39, 0.29) is 5.69 Å². The molecule has 84 valence electrons. The maximum atomic E-state index is 12.8. The van der Waals surface area contributed by atoms with Crippen LogP contribution in [0.1, 0.15) is 5.56 Å². The first kappa shape index (κ1) is 10.7. The van der Waals surface area contributed by atoms with Crippen molar-refractivity contribution < 1.29 is 17.6 Å². The van der Waals surface area contributed by atoms with Crippen LogP contribution in [0.2, 0.25) is 0 Å². The highest BCUT2D eigenvalue weighted by atomic mass is 19.4. The van der Waals surface area contributed by atoms with Crippen molar-refractivity contribution in [2.24, 2.45) is 0 Å². The lowest BCUT2D eigenvalue weighted by atomic mass is 10.3. The van der Waals surface area contributed by atoms with E-state index in [1.807, 2.05) is 0 Å². The topological polar surface area (TPSA) is 17.8 Å². The normalized spacial score (nSPS) is 11.8. The van der Waals surface area contributed by atoms with Gasteiger partial charge in [0.25, 0.3) is 0 Å². The third-order valence-corrected chi connectivity index (χ3v) is 1.98. The molecule has 1 heterocycles. The lowest BCUT2D eigenvalue weighted by Crippen LogP contribution is -2.03. The molecule has 6 heteroatoms. The van der Waals surface area contributed by atoms with Crippen molar-refractivity contribution >= 4 is 0 Å². The second kappa shape index (κ2) is 3.62. The third-order valence-electron chi connectivity index (χ3n) is 1.98. The van der Waals surface area contributed by atoms with Gasteiger partial charge in [-0.05, 0) is 18.2 Å². The Hall–Kier alpha value is -1.85. The van der Waals surface area contributed by atoms with Crippen LogP contribution in [0.15, 0.2) is 36.7 Å². The molecule has 1 aromatic heterocycles. The van der Waals surface area contributed by atoms with Gasteiger partial charge in [0.1, 0.15) is 5.82 Å². The predicted molar refractivity (Wildman–Crippen MR) is 48.5 cm³/mol.